The number of allylic oxidation sites excluding steroid dienone is 4. The number of rotatable bonds is 1. The summed E-state index contributed by atoms with van der Waals surface area (Å²) in [6, 6.07) is 8.41. The van der Waals surface area contributed by atoms with Crippen molar-refractivity contribution in [1.82, 2.24) is 0 Å². The molecule has 1 heterocycles. The van der Waals surface area contributed by atoms with Crippen molar-refractivity contribution in [1.29, 1.82) is 0 Å². The fourth-order valence-electron chi connectivity index (χ4n) is 2.49. The molecule has 0 aromatic heterocycles. The number of terminal acetylenes is 1. The number of nitrogens with one attached hydrogen (secondary N) is 1. The third-order valence-corrected chi connectivity index (χ3v) is 3.35. The molecule has 0 spiro atoms. The van der Waals surface area contributed by atoms with Crippen LogP contribution >= 0.6 is 0 Å². The van der Waals surface area contributed by atoms with Gasteiger partial charge in [-0.15, -0.1) is 6.42 Å². The summed E-state index contributed by atoms with van der Waals surface area (Å²) in [6.07, 6.45) is 9.08. The summed E-state index contributed by atoms with van der Waals surface area (Å²) in [6.45, 7) is 6.55. The van der Waals surface area contributed by atoms with Gasteiger partial charge in [0.15, 0.2) is 0 Å². The second-order valence-corrected chi connectivity index (χ2v) is 4.83. The maximum atomic E-state index is 5.29. The minimum atomic E-state index is -0.0146. The van der Waals surface area contributed by atoms with Crippen LogP contribution in [0.1, 0.15) is 26.3 Å². The standard InChI is InChI=1S/C16H17N/c1-5-6-9-13-12(2)17-15-11-8-7-10-14(15)16(13,3)4/h1,6-11,17H,2-4H3/b9-6-. The van der Waals surface area contributed by atoms with Crippen molar-refractivity contribution in [2.24, 2.45) is 0 Å². The third kappa shape index (κ3) is 1.87. The van der Waals surface area contributed by atoms with Gasteiger partial charge in [-0.3, -0.25) is 0 Å². The first-order chi connectivity index (χ1) is 8.07. The number of hydrogen-bond acceptors (Lipinski definition) is 1. The van der Waals surface area contributed by atoms with Crippen molar-refractivity contribution < 1.29 is 0 Å². The first-order valence-electron chi connectivity index (χ1n) is 5.78. The van der Waals surface area contributed by atoms with Crippen LogP contribution in [-0.2, 0) is 5.41 Å². The number of hydrogen-bond donors (Lipinski definition) is 1. The fraction of sp³-hybridized carbons (Fsp3) is 0.250. The molecule has 1 aliphatic heterocycles. The average molecular weight is 223 g/mol. The largest absolute Gasteiger partial charge is 0.359 e. The van der Waals surface area contributed by atoms with Crippen LogP contribution in [0.4, 0.5) is 5.69 Å². The topological polar surface area (TPSA) is 12.0 Å². The molecule has 0 bridgehead atoms. The fourth-order valence-corrected chi connectivity index (χ4v) is 2.49. The van der Waals surface area contributed by atoms with Crippen LogP contribution < -0.4 is 5.32 Å². The van der Waals surface area contributed by atoms with E-state index in [0.29, 0.717) is 0 Å². The van der Waals surface area contributed by atoms with Crippen LogP contribution in [0.15, 0.2) is 47.7 Å². The quantitative estimate of drug-likeness (QED) is 0.713. The van der Waals surface area contributed by atoms with Gasteiger partial charge >= 0.3 is 0 Å². The second-order valence-electron chi connectivity index (χ2n) is 4.83. The molecular formula is C16H17N. The molecule has 2 rings (SSSR count). The Balaban J connectivity index is 2.57. The Morgan fingerprint density at radius 2 is 2.00 bits per heavy atom. The zero-order valence-electron chi connectivity index (χ0n) is 10.5. The SMILES string of the molecule is C#C/C=C\C1=C(C)Nc2ccccc2C1(C)C. The number of fused-ring (bicyclic) bond motifs is 1. The molecule has 0 fully saturated rings. The van der Waals surface area contributed by atoms with E-state index in [9.17, 15) is 0 Å². The zero-order chi connectivity index (χ0) is 12.5. The average Bonchev–Trinajstić information content (AvgIpc) is 2.28. The summed E-state index contributed by atoms with van der Waals surface area (Å²) in [5.41, 5.74) is 4.89. The lowest BCUT2D eigenvalue weighted by molar-refractivity contribution is 0.626. The monoisotopic (exact) mass is 223 g/mol. The third-order valence-electron chi connectivity index (χ3n) is 3.35. The predicted molar refractivity (Wildman–Crippen MR) is 73.8 cm³/mol. The van der Waals surface area contributed by atoms with E-state index >= 15 is 0 Å². The van der Waals surface area contributed by atoms with E-state index in [1.54, 1.807) is 6.08 Å². The number of benzene rings is 1. The first kappa shape index (κ1) is 11.5. The van der Waals surface area contributed by atoms with Gasteiger partial charge in [-0.2, -0.15) is 0 Å². The molecule has 0 radical (unpaired) electrons. The maximum absolute atomic E-state index is 5.29. The van der Waals surface area contributed by atoms with Crippen molar-refractivity contribution >= 4 is 5.69 Å². The van der Waals surface area contributed by atoms with E-state index in [2.05, 4.69) is 56.3 Å². The van der Waals surface area contributed by atoms with Gasteiger partial charge in [0, 0.05) is 16.8 Å². The number of para-hydroxylation sites is 1. The molecule has 1 aliphatic rings. The van der Waals surface area contributed by atoms with E-state index in [4.69, 9.17) is 6.42 Å². The Kier molecular flexibility index (Phi) is 2.81. The van der Waals surface area contributed by atoms with E-state index in [0.717, 1.165) is 0 Å². The van der Waals surface area contributed by atoms with Crippen LogP contribution in [0.2, 0.25) is 0 Å². The van der Waals surface area contributed by atoms with Crippen molar-refractivity contribution in [3.05, 3.63) is 53.3 Å². The summed E-state index contributed by atoms with van der Waals surface area (Å²) in [5.74, 6) is 2.55. The van der Waals surface area contributed by atoms with Crippen LogP contribution in [0, 0.1) is 12.3 Å². The molecular weight excluding hydrogens is 206 g/mol. The summed E-state index contributed by atoms with van der Waals surface area (Å²) < 4.78 is 0. The molecule has 0 atom stereocenters. The lowest BCUT2D eigenvalue weighted by Crippen LogP contribution is -2.27. The molecule has 1 aromatic rings. The number of anilines is 1. The van der Waals surface area contributed by atoms with Gasteiger partial charge in [0.05, 0.1) is 0 Å². The molecule has 0 saturated carbocycles. The van der Waals surface area contributed by atoms with Crippen molar-refractivity contribution in [2.75, 3.05) is 5.32 Å². The summed E-state index contributed by atoms with van der Waals surface area (Å²) >= 11 is 0. The van der Waals surface area contributed by atoms with E-state index in [1.807, 2.05) is 6.08 Å². The van der Waals surface area contributed by atoms with E-state index in [1.165, 1.54) is 22.5 Å². The highest BCUT2D eigenvalue weighted by atomic mass is 14.9. The molecule has 86 valence electrons. The first-order valence-corrected chi connectivity index (χ1v) is 5.78. The molecule has 0 unspecified atom stereocenters. The van der Waals surface area contributed by atoms with Crippen LogP contribution in [0.5, 0.6) is 0 Å². The smallest absolute Gasteiger partial charge is 0.0423 e. The van der Waals surface area contributed by atoms with Gasteiger partial charge < -0.3 is 5.32 Å². The molecule has 1 heteroatoms. The summed E-state index contributed by atoms with van der Waals surface area (Å²) in [5, 5.41) is 3.43. The molecule has 1 nitrogen and oxygen atoms in total. The van der Waals surface area contributed by atoms with Gasteiger partial charge in [0.2, 0.25) is 0 Å². The maximum Gasteiger partial charge on any atom is 0.0423 e. The van der Waals surface area contributed by atoms with Crippen LogP contribution in [0.3, 0.4) is 0 Å². The molecule has 0 aliphatic carbocycles. The highest BCUT2D eigenvalue weighted by molar-refractivity contribution is 5.66. The Bertz CT molecular complexity index is 539. The summed E-state index contributed by atoms with van der Waals surface area (Å²) in [7, 11) is 0. The van der Waals surface area contributed by atoms with Gasteiger partial charge in [-0.25, -0.2) is 0 Å². The minimum Gasteiger partial charge on any atom is -0.359 e. The molecule has 0 amide bonds. The lowest BCUT2D eigenvalue weighted by Gasteiger charge is -2.35. The highest BCUT2D eigenvalue weighted by Gasteiger charge is 2.31. The molecule has 1 aromatic carbocycles. The van der Waals surface area contributed by atoms with Crippen molar-refractivity contribution in [2.45, 2.75) is 26.2 Å². The summed E-state index contributed by atoms with van der Waals surface area (Å²) in [4.78, 5) is 0. The molecule has 17 heavy (non-hydrogen) atoms. The Morgan fingerprint density at radius 3 is 2.71 bits per heavy atom. The van der Waals surface area contributed by atoms with E-state index in [-0.39, 0.29) is 5.41 Å². The normalized spacial score (nSPS) is 17.5. The van der Waals surface area contributed by atoms with Gasteiger partial charge in [0.1, 0.15) is 0 Å². The highest BCUT2D eigenvalue weighted by Crippen LogP contribution is 2.42. The van der Waals surface area contributed by atoms with Gasteiger partial charge in [-0.1, -0.05) is 38.0 Å². The minimum absolute atomic E-state index is 0.0146. The molecule has 1 N–H and O–H groups in total. The van der Waals surface area contributed by atoms with Crippen molar-refractivity contribution in [3.8, 4) is 12.3 Å². The van der Waals surface area contributed by atoms with Gasteiger partial charge in [0.25, 0.3) is 0 Å². The lowest BCUT2D eigenvalue weighted by atomic mass is 9.74. The molecule has 0 saturated heterocycles. The predicted octanol–water partition coefficient (Wildman–Crippen LogP) is 3.85. The second kappa shape index (κ2) is 4.14. The Morgan fingerprint density at radius 1 is 1.29 bits per heavy atom. The van der Waals surface area contributed by atoms with Crippen LogP contribution in [-0.4, -0.2) is 0 Å². The zero-order valence-corrected chi connectivity index (χ0v) is 10.5. The Labute approximate surface area is 103 Å². The van der Waals surface area contributed by atoms with E-state index < -0.39 is 0 Å². The Hall–Kier alpha value is -1.94. The van der Waals surface area contributed by atoms with Crippen molar-refractivity contribution in [3.63, 3.8) is 0 Å². The van der Waals surface area contributed by atoms with Crippen LogP contribution in [0.25, 0.3) is 0 Å². The van der Waals surface area contributed by atoms with Gasteiger partial charge in [-0.05, 0) is 36.3 Å².